The summed E-state index contributed by atoms with van der Waals surface area (Å²) in [4.78, 5) is 16.7. The van der Waals surface area contributed by atoms with Crippen molar-refractivity contribution < 1.29 is 13.2 Å². The van der Waals surface area contributed by atoms with Gasteiger partial charge in [-0.2, -0.15) is 9.57 Å². The third-order valence-corrected chi connectivity index (χ3v) is 7.01. The summed E-state index contributed by atoms with van der Waals surface area (Å²) < 4.78 is 26.1. The fraction of sp³-hybridized carbons (Fsp3) is 0.190. The van der Waals surface area contributed by atoms with Gasteiger partial charge in [-0.15, -0.1) is 11.3 Å². The molecule has 0 saturated carbocycles. The number of hydrogen-bond donors (Lipinski definition) is 1. The number of nitrogens with one attached hydrogen (secondary N) is 1. The van der Waals surface area contributed by atoms with Crippen LogP contribution >= 0.6 is 11.3 Å². The molecule has 0 aliphatic rings. The summed E-state index contributed by atoms with van der Waals surface area (Å²) in [5, 5.41) is 14.6. The van der Waals surface area contributed by atoms with E-state index in [1.54, 1.807) is 11.3 Å². The van der Waals surface area contributed by atoms with Gasteiger partial charge in [-0.05, 0) is 36.8 Å². The zero-order valence-electron chi connectivity index (χ0n) is 16.5. The van der Waals surface area contributed by atoms with Crippen LogP contribution in [0.1, 0.15) is 16.1 Å². The van der Waals surface area contributed by atoms with Gasteiger partial charge in [0.1, 0.15) is 0 Å². The maximum atomic E-state index is 12.6. The molecule has 0 bridgehead atoms. The third-order valence-electron chi connectivity index (χ3n) is 4.42. The van der Waals surface area contributed by atoms with E-state index >= 15 is 0 Å². The molecule has 9 heteroatoms. The van der Waals surface area contributed by atoms with Crippen LogP contribution in [0.5, 0.6) is 0 Å². The lowest BCUT2D eigenvalue weighted by molar-refractivity contribution is -0.121. The first-order valence-electron chi connectivity index (χ1n) is 9.04. The van der Waals surface area contributed by atoms with Crippen LogP contribution in [0.15, 0.2) is 58.8 Å². The van der Waals surface area contributed by atoms with Crippen molar-refractivity contribution >= 4 is 27.3 Å². The Morgan fingerprint density at radius 2 is 1.83 bits per heavy atom. The normalized spacial score (nSPS) is 11.3. The van der Waals surface area contributed by atoms with Crippen molar-refractivity contribution in [1.82, 2.24) is 14.6 Å². The highest BCUT2D eigenvalue weighted by Crippen LogP contribution is 2.21. The molecule has 0 unspecified atom stereocenters. The van der Waals surface area contributed by atoms with Gasteiger partial charge in [0, 0.05) is 24.5 Å². The Hall–Kier alpha value is -3.06. The largest absolute Gasteiger partial charge is 0.351 e. The van der Waals surface area contributed by atoms with Gasteiger partial charge in [-0.1, -0.05) is 24.3 Å². The molecule has 7 nitrogen and oxygen atoms in total. The second-order valence-corrected chi connectivity index (χ2v) is 9.73. The molecule has 0 atom stereocenters. The highest BCUT2D eigenvalue weighted by Gasteiger charge is 2.22. The smallest absolute Gasteiger partial charge is 0.243 e. The molecule has 0 fully saturated rings. The van der Waals surface area contributed by atoms with E-state index in [4.69, 9.17) is 5.26 Å². The Morgan fingerprint density at radius 3 is 2.40 bits per heavy atom. The van der Waals surface area contributed by atoms with Gasteiger partial charge in [0.2, 0.25) is 15.9 Å². The summed E-state index contributed by atoms with van der Waals surface area (Å²) in [6.07, 6.45) is 0. The Kier molecular flexibility index (Phi) is 6.62. The number of likely N-dealkylation sites (N-methyl/N-ethyl adjacent to an activating group) is 1. The molecule has 2 aromatic carbocycles. The number of benzene rings is 2. The molecule has 0 spiro atoms. The molecule has 154 valence electrons. The lowest BCUT2D eigenvalue weighted by atomic mass is 10.1. The second-order valence-electron chi connectivity index (χ2n) is 6.62. The molecule has 1 aromatic heterocycles. The monoisotopic (exact) mass is 440 g/mol. The van der Waals surface area contributed by atoms with E-state index in [2.05, 4.69) is 10.3 Å². The van der Waals surface area contributed by atoms with Gasteiger partial charge in [0.05, 0.1) is 33.8 Å². The third kappa shape index (κ3) is 5.10. The van der Waals surface area contributed by atoms with E-state index < -0.39 is 15.9 Å². The number of aryl methyl sites for hydroxylation is 1. The van der Waals surface area contributed by atoms with Gasteiger partial charge in [0.25, 0.3) is 0 Å². The van der Waals surface area contributed by atoms with Crippen LogP contribution in [-0.4, -0.2) is 37.2 Å². The first-order chi connectivity index (χ1) is 14.3. The average Bonchev–Trinajstić information content (AvgIpc) is 3.19. The fourth-order valence-corrected chi connectivity index (χ4v) is 4.46. The average molecular weight is 441 g/mol. The highest BCUT2D eigenvalue weighted by atomic mass is 32.2. The number of hydrogen-bond acceptors (Lipinski definition) is 6. The molecule has 0 saturated heterocycles. The van der Waals surface area contributed by atoms with Gasteiger partial charge in [-0.25, -0.2) is 13.4 Å². The minimum atomic E-state index is -3.82. The molecule has 1 N–H and O–H groups in total. The highest BCUT2D eigenvalue weighted by molar-refractivity contribution is 7.89. The second kappa shape index (κ2) is 9.17. The number of nitrogens with zero attached hydrogens (tertiary/aromatic N) is 3. The number of nitriles is 1. The van der Waals surface area contributed by atoms with E-state index in [1.807, 2.05) is 42.6 Å². The summed E-state index contributed by atoms with van der Waals surface area (Å²) in [5.41, 5.74) is 3.19. The Balaban J connectivity index is 1.56. The summed E-state index contributed by atoms with van der Waals surface area (Å²) in [7, 11) is -2.47. The van der Waals surface area contributed by atoms with Crippen molar-refractivity contribution in [3.63, 3.8) is 0 Å². The van der Waals surface area contributed by atoms with Crippen molar-refractivity contribution in [1.29, 1.82) is 5.26 Å². The summed E-state index contributed by atoms with van der Waals surface area (Å²) >= 11 is 1.59. The van der Waals surface area contributed by atoms with Crippen molar-refractivity contribution in [3.05, 3.63) is 70.0 Å². The van der Waals surface area contributed by atoms with Gasteiger partial charge in [0.15, 0.2) is 0 Å². The maximum absolute atomic E-state index is 12.6. The van der Waals surface area contributed by atoms with Crippen molar-refractivity contribution in [2.75, 3.05) is 13.6 Å². The molecule has 30 heavy (non-hydrogen) atoms. The lowest BCUT2D eigenvalue weighted by Crippen LogP contribution is -2.38. The molecule has 1 heterocycles. The number of carbonyl (C=O) groups excluding carboxylic acids is 1. The quantitative estimate of drug-likeness (QED) is 0.608. The Labute approximate surface area is 179 Å². The first kappa shape index (κ1) is 21.6. The molecule has 3 aromatic rings. The van der Waals surface area contributed by atoms with Crippen LogP contribution in [0.3, 0.4) is 0 Å². The van der Waals surface area contributed by atoms with Crippen LogP contribution in [0.25, 0.3) is 11.3 Å². The van der Waals surface area contributed by atoms with Crippen LogP contribution in [0.2, 0.25) is 0 Å². The predicted molar refractivity (Wildman–Crippen MR) is 115 cm³/mol. The fourth-order valence-electron chi connectivity index (χ4n) is 2.71. The SMILES string of the molecule is Cc1nc(-c2ccc(CNC(=O)CN(C)S(=O)(=O)c3ccc(C#N)cc3)cc2)cs1. The summed E-state index contributed by atoms with van der Waals surface area (Å²) in [6.45, 7) is 1.94. The van der Waals surface area contributed by atoms with E-state index in [0.29, 0.717) is 12.1 Å². The Morgan fingerprint density at radius 1 is 1.17 bits per heavy atom. The number of thiazole rings is 1. The standard InChI is InChI=1S/C21H20N4O3S2/c1-15-24-20(14-29-15)18-7-3-17(4-8-18)12-23-21(26)13-25(2)30(27,28)19-9-5-16(11-22)6-10-19/h3-10,14H,12-13H2,1-2H3,(H,23,26). The molecule has 1 amide bonds. The molecule has 0 radical (unpaired) electrons. The van der Waals surface area contributed by atoms with Gasteiger partial charge >= 0.3 is 0 Å². The predicted octanol–water partition coefficient (Wildman–Crippen LogP) is 2.93. The zero-order chi connectivity index (χ0) is 21.7. The van der Waals surface area contributed by atoms with Crippen LogP contribution < -0.4 is 5.32 Å². The molecule has 0 aliphatic heterocycles. The lowest BCUT2D eigenvalue weighted by Gasteiger charge is -2.17. The zero-order valence-corrected chi connectivity index (χ0v) is 18.1. The van der Waals surface area contributed by atoms with E-state index in [0.717, 1.165) is 26.1 Å². The van der Waals surface area contributed by atoms with E-state index in [9.17, 15) is 13.2 Å². The van der Waals surface area contributed by atoms with Crippen LogP contribution in [-0.2, 0) is 21.4 Å². The number of amides is 1. The topological polar surface area (TPSA) is 103 Å². The molecular formula is C21H20N4O3S2. The minimum absolute atomic E-state index is 0.0321. The molecule has 3 rings (SSSR count). The van der Waals surface area contributed by atoms with Crippen LogP contribution in [0.4, 0.5) is 0 Å². The number of rotatable bonds is 7. The molecule has 0 aliphatic carbocycles. The van der Waals surface area contributed by atoms with Gasteiger partial charge in [-0.3, -0.25) is 4.79 Å². The Bertz CT molecular complexity index is 1180. The first-order valence-corrected chi connectivity index (χ1v) is 11.4. The van der Waals surface area contributed by atoms with Gasteiger partial charge < -0.3 is 5.32 Å². The van der Waals surface area contributed by atoms with E-state index in [1.165, 1.54) is 31.3 Å². The number of carbonyl (C=O) groups is 1. The minimum Gasteiger partial charge on any atom is -0.351 e. The summed E-state index contributed by atoms with van der Waals surface area (Å²) in [5.74, 6) is -0.408. The summed E-state index contributed by atoms with van der Waals surface area (Å²) in [6, 6.07) is 15.2. The molecular weight excluding hydrogens is 420 g/mol. The van der Waals surface area contributed by atoms with Crippen molar-refractivity contribution in [3.8, 4) is 17.3 Å². The van der Waals surface area contributed by atoms with E-state index in [-0.39, 0.29) is 11.4 Å². The maximum Gasteiger partial charge on any atom is 0.243 e. The number of sulfonamides is 1. The van der Waals surface area contributed by atoms with Crippen LogP contribution in [0, 0.1) is 18.3 Å². The number of aromatic nitrogens is 1. The van der Waals surface area contributed by atoms with Crippen molar-refractivity contribution in [2.24, 2.45) is 0 Å². The van der Waals surface area contributed by atoms with Crippen molar-refractivity contribution in [2.45, 2.75) is 18.4 Å².